The van der Waals surface area contributed by atoms with Crippen molar-refractivity contribution in [3.8, 4) is 0 Å². The number of aliphatic hydroxyl groups is 1. The molecule has 0 aromatic heterocycles. The van der Waals surface area contributed by atoms with E-state index < -0.39 is 35.5 Å². The molecule has 4 fully saturated rings. The zero-order valence-electron chi connectivity index (χ0n) is 17.0. The molecule has 7 heteroatoms. The normalized spacial score (nSPS) is 35.0. The first-order valence-corrected chi connectivity index (χ1v) is 11.0. The smallest absolute Gasteiger partial charge is 0.321 e. The Morgan fingerprint density at radius 3 is 2.55 bits per heavy atom. The molecule has 5 aliphatic rings. The van der Waals surface area contributed by atoms with Crippen LogP contribution in [0.3, 0.4) is 0 Å². The zero-order chi connectivity index (χ0) is 20.5. The first-order chi connectivity index (χ1) is 13.9. The molecule has 0 aromatic carbocycles. The van der Waals surface area contributed by atoms with Crippen LogP contribution in [-0.4, -0.2) is 41.8 Å². The van der Waals surface area contributed by atoms with Crippen LogP contribution in [0.1, 0.15) is 70.6 Å². The highest BCUT2D eigenvalue weighted by molar-refractivity contribution is 5.95. The Labute approximate surface area is 171 Å². The van der Waals surface area contributed by atoms with Crippen molar-refractivity contribution < 1.29 is 24.2 Å². The molecule has 29 heavy (non-hydrogen) atoms. The van der Waals surface area contributed by atoms with Gasteiger partial charge in [0.15, 0.2) is 6.61 Å². The van der Waals surface area contributed by atoms with Gasteiger partial charge in [0.2, 0.25) is 0 Å². The molecule has 0 heterocycles. The van der Waals surface area contributed by atoms with Crippen molar-refractivity contribution in [2.24, 2.45) is 17.3 Å². The summed E-state index contributed by atoms with van der Waals surface area (Å²) in [5.74, 6) is -0.290. The van der Waals surface area contributed by atoms with Gasteiger partial charge < -0.3 is 15.2 Å². The number of carbonyl (C=O) groups is 3. The summed E-state index contributed by atoms with van der Waals surface area (Å²) >= 11 is 0. The van der Waals surface area contributed by atoms with Crippen molar-refractivity contribution in [2.75, 3.05) is 13.2 Å². The highest BCUT2D eigenvalue weighted by Crippen LogP contribution is 2.61. The molecule has 5 rings (SSSR count). The van der Waals surface area contributed by atoms with Gasteiger partial charge in [0.05, 0.1) is 11.0 Å². The van der Waals surface area contributed by atoms with Crippen LogP contribution in [-0.2, 0) is 14.3 Å². The summed E-state index contributed by atoms with van der Waals surface area (Å²) in [5, 5.41) is 15.6. The number of nitrogens with one attached hydrogen (secondary N) is 2. The lowest BCUT2D eigenvalue weighted by Crippen LogP contribution is -2.58. The molecular weight excluding hydrogens is 372 g/mol. The number of allylic oxidation sites excluding steroid dienone is 1. The van der Waals surface area contributed by atoms with Gasteiger partial charge in [0.25, 0.3) is 5.91 Å². The highest BCUT2D eigenvalue weighted by Gasteiger charge is 2.60. The Hall–Kier alpha value is -1.89. The molecule has 0 saturated heterocycles. The summed E-state index contributed by atoms with van der Waals surface area (Å²) < 4.78 is 5.28. The second kappa shape index (κ2) is 8.09. The molecule has 4 bridgehead atoms. The summed E-state index contributed by atoms with van der Waals surface area (Å²) in [6.45, 7) is 0.0160. The average molecular weight is 405 g/mol. The van der Waals surface area contributed by atoms with Crippen molar-refractivity contribution in [3.05, 3.63) is 11.6 Å². The number of imide groups is 1. The van der Waals surface area contributed by atoms with E-state index in [-0.39, 0.29) is 0 Å². The van der Waals surface area contributed by atoms with Gasteiger partial charge in [0, 0.05) is 6.54 Å². The van der Waals surface area contributed by atoms with Crippen LogP contribution >= 0.6 is 0 Å². The molecule has 0 aromatic rings. The SMILES string of the molecule is O=C(COC(=O)C12C[C@@H]3C[C@@H](CC(O)(C3)C1)C2)NC(=O)NCCC1=CCCCC1. The number of amides is 3. The van der Waals surface area contributed by atoms with E-state index in [1.807, 2.05) is 0 Å². The Balaban J connectivity index is 1.19. The molecule has 160 valence electrons. The van der Waals surface area contributed by atoms with E-state index in [0.29, 0.717) is 24.8 Å². The van der Waals surface area contributed by atoms with E-state index in [1.165, 1.54) is 18.4 Å². The summed E-state index contributed by atoms with van der Waals surface area (Å²) in [7, 11) is 0. The molecule has 5 aliphatic carbocycles. The molecule has 2 unspecified atom stereocenters. The third kappa shape index (κ3) is 4.65. The molecule has 4 saturated carbocycles. The van der Waals surface area contributed by atoms with Crippen LogP contribution in [0.2, 0.25) is 0 Å². The second-order valence-electron chi connectivity index (χ2n) is 9.70. The highest BCUT2D eigenvalue weighted by atomic mass is 16.5. The minimum Gasteiger partial charge on any atom is -0.455 e. The fourth-order valence-corrected chi connectivity index (χ4v) is 6.41. The molecule has 3 N–H and O–H groups in total. The number of ether oxygens (including phenoxy) is 1. The third-order valence-corrected chi connectivity index (χ3v) is 7.17. The summed E-state index contributed by atoms with van der Waals surface area (Å²) in [4.78, 5) is 36.6. The van der Waals surface area contributed by atoms with Crippen molar-refractivity contribution >= 4 is 17.9 Å². The van der Waals surface area contributed by atoms with Crippen LogP contribution in [0.25, 0.3) is 0 Å². The number of carbonyl (C=O) groups excluding carboxylic acids is 3. The number of esters is 1. The minimum atomic E-state index is -0.751. The fraction of sp³-hybridized carbons (Fsp3) is 0.773. The predicted molar refractivity (Wildman–Crippen MR) is 106 cm³/mol. The number of rotatable bonds is 6. The van der Waals surface area contributed by atoms with Crippen LogP contribution in [0, 0.1) is 17.3 Å². The largest absolute Gasteiger partial charge is 0.455 e. The van der Waals surface area contributed by atoms with Gasteiger partial charge in [-0.25, -0.2) is 4.79 Å². The minimum absolute atomic E-state index is 0.368. The van der Waals surface area contributed by atoms with Gasteiger partial charge in [-0.1, -0.05) is 11.6 Å². The summed E-state index contributed by atoms with van der Waals surface area (Å²) in [5.41, 5.74) is -0.0530. The lowest BCUT2D eigenvalue weighted by molar-refractivity contribution is -0.196. The molecule has 3 amide bonds. The number of hydrogen-bond donors (Lipinski definition) is 3. The summed E-state index contributed by atoms with van der Waals surface area (Å²) in [6, 6.07) is -0.563. The van der Waals surface area contributed by atoms with Gasteiger partial charge in [-0.05, 0) is 82.5 Å². The van der Waals surface area contributed by atoms with Gasteiger partial charge in [-0.2, -0.15) is 0 Å². The monoisotopic (exact) mass is 404 g/mol. The maximum Gasteiger partial charge on any atom is 0.321 e. The molecule has 0 radical (unpaired) electrons. The van der Waals surface area contributed by atoms with Crippen LogP contribution < -0.4 is 10.6 Å². The summed E-state index contributed by atoms with van der Waals surface area (Å²) in [6.07, 6.45) is 12.2. The van der Waals surface area contributed by atoms with Gasteiger partial charge >= 0.3 is 12.0 Å². The first-order valence-electron chi connectivity index (χ1n) is 11.0. The zero-order valence-corrected chi connectivity index (χ0v) is 17.0. The van der Waals surface area contributed by atoms with Crippen LogP contribution in [0.4, 0.5) is 4.79 Å². The standard InChI is InChI=1S/C22H32N2O5/c25-18(24-20(27)23-7-6-15-4-2-1-3-5-15)13-29-19(26)21-9-16-8-17(10-21)12-22(28,11-16)14-21/h4,16-17,28H,1-3,5-14H2,(H2,23,24,25,27)/t16-,17+,21?,22?. The lowest BCUT2D eigenvalue weighted by atomic mass is 9.48. The van der Waals surface area contributed by atoms with Crippen molar-refractivity contribution in [1.82, 2.24) is 10.6 Å². The van der Waals surface area contributed by atoms with Crippen LogP contribution in [0.15, 0.2) is 11.6 Å². The predicted octanol–water partition coefficient (Wildman–Crippen LogP) is 2.58. The number of urea groups is 1. The molecule has 7 nitrogen and oxygen atoms in total. The Kier molecular flexibility index (Phi) is 5.69. The fourth-order valence-electron chi connectivity index (χ4n) is 6.41. The second-order valence-corrected chi connectivity index (χ2v) is 9.70. The topological polar surface area (TPSA) is 105 Å². The molecule has 0 spiro atoms. The van der Waals surface area contributed by atoms with Crippen molar-refractivity contribution in [3.63, 3.8) is 0 Å². The van der Waals surface area contributed by atoms with Crippen molar-refractivity contribution in [1.29, 1.82) is 0 Å². The van der Waals surface area contributed by atoms with E-state index >= 15 is 0 Å². The Bertz CT molecular complexity index is 702. The van der Waals surface area contributed by atoms with Crippen molar-refractivity contribution in [2.45, 2.75) is 76.2 Å². The van der Waals surface area contributed by atoms with Gasteiger partial charge in [0.1, 0.15) is 0 Å². The van der Waals surface area contributed by atoms with Gasteiger partial charge in [-0.3, -0.25) is 14.9 Å². The van der Waals surface area contributed by atoms with E-state index in [9.17, 15) is 19.5 Å². The molecule has 4 atom stereocenters. The number of hydrogen-bond acceptors (Lipinski definition) is 5. The van der Waals surface area contributed by atoms with E-state index in [2.05, 4.69) is 16.7 Å². The lowest BCUT2D eigenvalue weighted by Gasteiger charge is -2.58. The third-order valence-electron chi connectivity index (χ3n) is 7.17. The maximum atomic E-state index is 12.8. The quantitative estimate of drug-likeness (QED) is 0.466. The first kappa shape index (κ1) is 20.4. The van der Waals surface area contributed by atoms with E-state index in [4.69, 9.17) is 4.74 Å². The molecule has 0 aliphatic heterocycles. The Morgan fingerprint density at radius 2 is 1.90 bits per heavy atom. The van der Waals surface area contributed by atoms with E-state index in [1.54, 1.807) is 0 Å². The Morgan fingerprint density at radius 1 is 1.14 bits per heavy atom. The average Bonchev–Trinajstić information content (AvgIpc) is 2.65. The molecular formula is C22H32N2O5. The van der Waals surface area contributed by atoms with Crippen LogP contribution in [0.5, 0.6) is 0 Å². The van der Waals surface area contributed by atoms with Gasteiger partial charge in [-0.15, -0.1) is 0 Å². The van der Waals surface area contributed by atoms with E-state index in [0.717, 1.165) is 51.4 Å². The maximum absolute atomic E-state index is 12.8.